The molecular weight excluding hydrogens is 470 g/mol. The van der Waals surface area contributed by atoms with Gasteiger partial charge < -0.3 is 24.2 Å². The fourth-order valence-corrected chi connectivity index (χ4v) is 6.85. The van der Waals surface area contributed by atoms with Crippen LogP contribution in [-0.2, 0) is 26.0 Å². The predicted octanol–water partition coefficient (Wildman–Crippen LogP) is 4.82. The third kappa shape index (κ3) is 6.08. The lowest BCUT2D eigenvalue weighted by atomic mass is 9.81. The lowest BCUT2D eigenvalue weighted by molar-refractivity contribution is -0.142. The monoisotopic (exact) mass is 505 g/mol. The first-order valence-corrected chi connectivity index (χ1v) is 13.5. The largest absolute Gasteiger partial charge is 0.497 e. The van der Waals surface area contributed by atoms with E-state index in [2.05, 4.69) is 18.7 Å². The molecule has 1 N–H and O–H groups in total. The van der Waals surface area contributed by atoms with Gasteiger partial charge in [-0.1, -0.05) is 26.7 Å². The average Bonchev–Trinajstić information content (AvgIpc) is 2.94. The van der Waals surface area contributed by atoms with Crippen LogP contribution in [0.2, 0.25) is 0 Å². The van der Waals surface area contributed by atoms with Crippen LogP contribution in [0.5, 0.6) is 11.5 Å². The molecule has 0 aromatic heterocycles. The van der Waals surface area contributed by atoms with Crippen molar-refractivity contribution in [2.24, 2.45) is 5.41 Å². The second-order valence-corrected chi connectivity index (χ2v) is 11.0. The van der Waals surface area contributed by atoms with Crippen LogP contribution in [0.4, 0.5) is 11.4 Å². The molecule has 9 heteroatoms. The summed E-state index contributed by atoms with van der Waals surface area (Å²) in [6, 6.07) is 10.9. The summed E-state index contributed by atoms with van der Waals surface area (Å²) in [6.07, 6.45) is 3.44. The number of fused-ring (bicyclic) bond motifs is 1. The molecule has 0 aliphatic carbocycles. The zero-order valence-electron chi connectivity index (χ0n) is 20.9. The van der Waals surface area contributed by atoms with E-state index >= 15 is 0 Å². The van der Waals surface area contributed by atoms with Crippen LogP contribution in [0.1, 0.15) is 45.1 Å². The summed E-state index contributed by atoms with van der Waals surface area (Å²) in [4.78, 5) is 13.2. The van der Waals surface area contributed by atoms with Gasteiger partial charge in [0.25, 0.3) is 0 Å². The Balaban J connectivity index is 2.19. The highest BCUT2D eigenvalue weighted by molar-refractivity contribution is 7.91. The molecule has 0 unspecified atom stereocenters. The molecule has 0 spiro atoms. The molecule has 2 aromatic carbocycles. The number of hydrogen-bond acceptors (Lipinski definition) is 7. The van der Waals surface area contributed by atoms with Crippen LogP contribution in [-0.4, -0.2) is 52.6 Å². The van der Waals surface area contributed by atoms with E-state index in [1.54, 1.807) is 19.2 Å². The molecular formula is C26H35NO7S. The molecule has 0 fully saturated rings. The van der Waals surface area contributed by atoms with E-state index in [0.717, 1.165) is 31.4 Å². The number of rotatable bonds is 11. The van der Waals surface area contributed by atoms with Gasteiger partial charge in [0.2, 0.25) is 0 Å². The molecule has 2 aromatic rings. The van der Waals surface area contributed by atoms with Gasteiger partial charge in [0.15, 0.2) is 9.84 Å². The summed E-state index contributed by atoms with van der Waals surface area (Å²) in [5.41, 5.74) is 1.46. The zero-order valence-corrected chi connectivity index (χ0v) is 21.7. The third-order valence-corrected chi connectivity index (χ3v) is 8.64. The number of methoxy groups -OCH3 is 2. The van der Waals surface area contributed by atoms with Crippen LogP contribution in [0, 0.1) is 5.41 Å². The summed E-state index contributed by atoms with van der Waals surface area (Å²) in [6.45, 7) is 4.15. The first-order chi connectivity index (χ1) is 16.7. The third-order valence-electron chi connectivity index (χ3n) is 6.66. The molecule has 1 atom stereocenters. The fourth-order valence-electron chi connectivity index (χ4n) is 4.64. The van der Waals surface area contributed by atoms with Crippen molar-refractivity contribution in [3.05, 3.63) is 42.0 Å². The van der Waals surface area contributed by atoms with Crippen molar-refractivity contribution in [2.75, 3.05) is 38.0 Å². The molecule has 0 saturated carbocycles. The standard InChI is InChI=1S/C26H35NO7S/c1-5-7-12-26(6-2)17-27(20-8-10-21(32-3)11-9-20)22-14-23(33-4)19(15-34-16-25(28)29)13-24(22)35(30,31)18-26/h8-11,13-14H,5-7,12,15-18H2,1-4H3,(H,28,29)/t26-/m1/s1. The number of nitrogens with zero attached hydrogens (tertiary/aromatic N) is 1. The lowest BCUT2D eigenvalue weighted by Crippen LogP contribution is -2.37. The Bertz CT molecular complexity index is 1130. The first-order valence-electron chi connectivity index (χ1n) is 11.8. The number of carbonyl (C=O) groups is 1. The van der Waals surface area contributed by atoms with Crippen molar-refractivity contribution < 1.29 is 32.5 Å². The van der Waals surface area contributed by atoms with Crippen LogP contribution in [0.3, 0.4) is 0 Å². The molecule has 192 valence electrons. The number of aliphatic carboxylic acids is 1. The van der Waals surface area contributed by atoms with E-state index < -0.39 is 27.8 Å². The number of hydrogen-bond donors (Lipinski definition) is 1. The highest BCUT2D eigenvalue weighted by atomic mass is 32.2. The molecule has 0 amide bonds. The zero-order chi connectivity index (χ0) is 25.6. The fraction of sp³-hybridized carbons (Fsp3) is 0.500. The predicted molar refractivity (Wildman–Crippen MR) is 135 cm³/mol. The molecule has 8 nitrogen and oxygen atoms in total. The van der Waals surface area contributed by atoms with Gasteiger partial charge in [0.05, 0.1) is 37.2 Å². The molecule has 0 bridgehead atoms. The normalized spacial score (nSPS) is 19.0. The minimum Gasteiger partial charge on any atom is -0.497 e. The van der Waals surface area contributed by atoms with Crippen molar-refractivity contribution in [2.45, 2.75) is 51.0 Å². The quantitative estimate of drug-likeness (QED) is 0.464. The highest BCUT2D eigenvalue weighted by Gasteiger charge is 2.42. The molecule has 1 aliphatic heterocycles. The molecule has 1 aliphatic rings. The summed E-state index contributed by atoms with van der Waals surface area (Å²) in [5.74, 6) is 0.103. The summed E-state index contributed by atoms with van der Waals surface area (Å²) in [5, 5.41) is 8.92. The molecule has 0 radical (unpaired) electrons. The molecule has 35 heavy (non-hydrogen) atoms. The number of carboxylic acid groups (broad SMARTS) is 1. The minimum atomic E-state index is -3.67. The number of unbranched alkanes of at least 4 members (excludes halogenated alkanes) is 1. The number of benzene rings is 2. The van der Waals surface area contributed by atoms with Crippen LogP contribution < -0.4 is 14.4 Å². The van der Waals surface area contributed by atoms with E-state index in [0.29, 0.717) is 29.3 Å². The Labute approximate surface area is 207 Å². The maximum Gasteiger partial charge on any atom is 0.329 e. The van der Waals surface area contributed by atoms with E-state index in [1.165, 1.54) is 7.11 Å². The average molecular weight is 506 g/mol. The number of carboxylic acids is 1. The minimum absolute atomic E-state index is 0.0396. The van der Waals surface area contributed by atoms with Crippen molar-refractivity contribution in [3.63, 3.8) is 0 Å². The second kappa shape index (κ2) is 11.3. The van der Waals surface area contributed by atoms with Gasteiger partial charge in [-0.15, -0.1) is 0 Å². The maximum atomic E-state index is 13.8. The SMILES string of the molecule is CCCC[C@]1(CC)CN(c2ccc(OC)cc2)c2cc(OC)c(COCC(=O)O)cc2S(=O)(=O)C1. The Kier molecular flexibility index (Phi) is 8.66. The van der Waals surface area contributed by atoms with E-state index in [-0.39, 0.29) is 17.3 Å². The number of sulfone groups is 1. The summed E-state index contributed by atoms with van der Waals surface area (Å²) >= 11 is 0. The number of anilines is 2. The first kappa shape index (κ1) is 26.8. The second-order valence-electron chi connectivity index (χ2n) is 9.02. The van der Waals surface area contributed by atoms with Gasteiger partial charge in [-0.3, -0.25) is 0 Å². The van der Waals surface area contributed by atoms with Crippen molar-refractivity contribution in [1.29, 1.82) is 0 Å². The van der Waals surface area contributed by atoms with Gasteiger partial charge in [0, 0.05) is 29.3 Å². The van der Waals surface area contributed by atoms with Crippen molar-refractivity contribution in [1.82, 2.24) is 0 Å². The van der Waals surface area contributed by atoms with Gasteiger partial charge in [-0.25, -0.2) is 13.2 Å². The Hall–Kier alpha value is -2.78. The summed E-state index contributed by atoms with van der Waals surface area (Å²) in [7, 11) is -0.556. The van der Waals surface area contributed by atoms with E-state index in [1.807, 2.05) is 24.3 Å². The van der Waals surface area contributed by atoms with Gasteiger partial charge in [-0.2, -0.15) is 0 Å². The van der Waals surface area contributed by atoms with Gasteiger partial charge >= 0.3 is 5.97 Å². The maximum absolute atomic E-state index is 13.8. The topological polar surface area (TPSA) is 102 Å². The Morgan fingerprint density at radius 3 is 2.40 bits per heavy atom. The van der Waals surface area contributed by atoms with Crippen LogP contribution in [0.15, 0.2) is 41.3 Å². The lowest BCUT2D eigenvalue weighted by Gasteiger charge is -2.36. The van der Waals surface area contributed by atoms with Crippen molar-refractivity contribution >= 4 is 27.2 Å². The van der Waals surface area contributed by atoms with Crippen molar-refractivity contribution in [3.8, 4) is 11.5 Å². The molecule has 1 heterocycles. The molecule has 0 saturated heterocycles. The van der Waals surface area contributed by atoms with Crippen LogP contribution in [0.25, 0.3) is 0 Å². The van der Waals surface area contributed by atoms with Crippen LogP contribution >= 0.6 is 0 Å². The Morgan fingerprint density at radius 1 is 1.11 bits per heavy atom. The summed E-state index contributed by atoms with van der Waals surface area (Å²) < 4.78 is 43.8. The smallest absolute Gasteiger partial charge is 0.329 e. The molecule has 3 rings (SSSR count). The number of ether oxygens (including phenoxy) is 3. The van der Waals surface area contributed by atoms with Gasteiger partial charge in [0.1, 0.15) is 18.1 Å². The van der Waals surface area contributed by atoms with Gasteiger partial charge in [-0.05, 0) is 43.2 Å². The Morgan fingerprint density at radius 2 is 1.83 bits per heavy atom. The van der Waals surface area contributed by atoms with E-state index in [9.17, 15) is 13.2 Å². The van der Waals surface area contributed by atoms with E-state index in [4.69, 9.17) is 19.3 Å². The highest BCUT2D eigenvalue weighted by Crippen LogP contribution is 2.46.